The lowest BCUT2D eigenvalue weighted by Gasteiger charge is -2.43. The zero-order valence-electron chi connectivity index (χ0n) is 20.3. The predicted molar refractivity (Wildman–Crippen MR) is 137 cm³/mol. The van der Waals surface area contributed by atoms with E-state index in [1.54, 1.807) is 24.3 Å². The summed E-state index contributed by atoms with van der Waals surface area (Å²) in [7, 11) is 0. The van der Waals surface area contributed by atoms with Crippen LogP contribution in [0.1, 0.15) is 64.0 Å². The number of rotatable bonds is 7. The average molecular weight is 462 g/mol. The summed E-state index contributed by atoms with van der Waals surface area (Å²) in [6, 6.07) is 14.8. The molecule has 7 nitrogen and oxygen atoms in total. The molecule has 1 fully saturated rings. The molecule has 180 valence electrons. The van der Waals surface area contributed by atoms with Gasteiger partial charge in [-0.15, -0.1) is 0 Å². The highest BCUT2D eigenvalue weighted by atomic mass is 16.4. The third-order valence-electron chi connectivity index (χ3n) is 7.19. The third-order valence-corrected chi connectivity index (χ3v) is 7.19. The number of aryl methyl sites for hydroxylation is 1. The van der Waals surface area contributed by atoms with Gasteiger partial charge in [0.25, 0.3) is 5.56 Å². The maximum Gasteiger partial charge on any atom is 0.274 e. The zero-order valence-corrected chi connectivity index (χ0v) is 20.3. The van der Waals surface area contributed by atoms with Crippen molar-refractivity contribution in [2.75, 3.05) is 0 Å². The Bertz CT molecular complexity index is 1230. The van der Waals surface area contributed by atoms with Crippen LogP contribution in [0.15, 0.2) is 52.4 Å². The van der Waals surface area contributed by atoms with Gasteiger partial charge in [0.15, 0.2) is 5.84 Å². The van der Waals surface area contributed by atoms with Crippen LogP contribution in [0.4, 0.5) is 0 Å². The van der Waals surface area contributed by atoms with Gasteiger partial charge in [0.1, 0.15) is 5.69 Å². The standard InChI is InChI=1S/C27H35N5O2/c1-17-8-4-9-18(2)32(17)19(3)10-5-11-20-12-7-15-23-24(20)30-27(33)25(29-23)21-13-6-14-22(16-21)26(28)31-34/h6-7,12-19,34H,4-5,8-11H2,1-3H3,(H2,28,31)(H,30,33). The van der Waals surface area contributed by atoms with Gasteiger partial charge in [-0.25, -0.2) is 4.98 Å². The van der Waals surface area contributed by atoms with Crippen molar-refractivity contribution in [3.8, 4) is 11.3 Å². The largest absolute Gasteiger partial charge is 0.409 e. The number of nitrogens with zero attached hydrogens (tertiary/aromatic N) is 3. The lowest BCUT2D eigenvalue weighted by atomic mass is 9.93. The Hall–Kier alpha value is -3.19. The van der Waals surface area contributed by atoms with E-state index in [4.69, 9.17) is 10.9 Å². The number of fused-ring (bicyclic) bond motifs is 1. The van der Waals surface area contributed by atoms with Crippen LogP contribution in [0.2, 0.25) is 0 Å². The van der Waals surface area contributed by atoms with E-state index in [2.05, 4.69) is 46.9 Å². The zero-order chi connectivity index (χ0) is 24.2. The second-order valence-corrected chi connectivity index (χ2v) is 9.61. The van der Waals surface area contributed by atoms with E-state index in [-0.39, 0.29) is 11.4 Å². The summed E-state index contributed by atoms with van der Waals surface area (Å²) in [5.74, 6) is -0.0103. The molecule has 4 rings (SSSR count). The lowest BCUT2D eigenvalue weighted by Crippen LogP contribution is -2.48. The highest BCUT2D eigenvalue weighted by Gasteiger charge is 2.28. The molecular formula is C27H35N5O2. The molecule has 7 heteroatoms. The molecule has 0 spiro atoms. The molecule has 0 saturated carbocycles. The van der Waals surface area contributed by atoms with E-state index in [1.165, 1.54) is 19.3 Å². The van der Waals surface area contributed by atoms with Crippen LogP contribution in [0.5, 0.6) is 0 Å². The fourth-order valence-corrected chi connectivity index (χ4v) is 5.50. The highest BCUT2D eigenvalue weighted by Crippen LogP contribution is 2.27. The quantitative estimate of drug-likeness (QED) is 0.205. The number of oxime groups is 1. The molecule has 1 aliphatic rings. The molecule has 1 aliphatic heterocycles. The van der Waals surface area contributed by atoms with Crippen LogP contribution in [0.3, 0.4) is 0 Å². The number of nitrogens with two attached hydrogens (primary N) is 1. The number of piperidine rings is 1. The summed E-state index contributed by atoms with van der Waals surface area (Å²) in [6.07, 6.45) is 6.99. The fraction of sp³-hybridized carbons (Fsp3) is 0.444. The Morgan fingerprint density at radius 1 is 1.24 bits per heavy atom. The SMILES string of the molecule is CC(CCCc1cccc2nc(-c3cccc(/C(N)=N\O)c3)c(=O)[nH]c12)N1C(C)CCCC1C. The molecule has 2 aromatic carbocycles. The predicted octanol–water partition coefficient (Wildman–Crippen LogP) is 4.66. The van der Waals surface area contributed by atoms with Gasteiger partial charge >= 0.3 is 0 Å². The smallest absolute Gasteiger partial charge is 0.274 e. The Labute approximate surface area is 200 Å². The average Bonchev–Trinajstić information content (AvgIpc) is 2.83. The topological polar surface area (TPSA) is 108 Å². The van der Waals surface area contributed by atoms with Gasteiger partial charge in [0, 0.05) is 29.3 Å². The second-order valence-electron chi connectivity index (χ2n) is 9.61. The van der Waals surface area contributed by atoms with E-state index in [1.807, 2.05) is 12.1 Å². The molecule has 4 N–H and O–H groups in total. The number of amidine groups is 1. The number of hydrogen-bond donors (Lipinski definition) is 3. The van der Waals surface area contributed by atoms with Crippen molar-refractivity contribution >= 4 is 16.9 Å². The molecule has 2 heterocycles. The number of benzene rings is 2. The highest BCUT2D eigenvalue weighted by molar-refractivity contribution is 5.98. The molecule has 1 saturated heterocycles. The Kier molecular flexibility index (Phi) is 7.32. The van der Waals surface area contributed by atoms with E-state index < -0.39 is 0 Å². The molecule has 3 atom stereocenters. The van der Waals surface area contributed by atoms with Crippen molar-refractivity contribution in [1.29, 1.82) is 0 Å². The fourth-order valence-electron chi connectivity index (χ4n) is 5.50. The number of nitrogens with one attached hydrogen (secondary N) is 1. The van der Waals surface area contributed by atoms with Crippen molar-refractivity contribution in [2.45, 2.75) is 77.4 Å². The summed E-state index contributed by atoms with van der Waals surface area (Å²) >= 11 is 0. The van der Waals surface area contributed by atoms with Crippen LogP contribution in [0, 0.1) is 0 Å². The van der Waals surface area contributed by atoms with Crippen molar-refractivity contribution in [1.82, 2.24) is 14.9 Å². The van der Waals surface area contributed by atoms with Crippen molar-refractivity contribution < 1.29 is 5.21 Å². The maximum absolute atomic E-state index is 13.0. The Morgan fingerprint density at radius 2 is 1.97 bits per heavy atom. The van der Waals surface area contributed by atoms with Crippen molar-refractivity contribution in [3.63, 3.8) is 0 Å². The first kappa shape index (κ1) is 24.0. The Balaban J connectivity index is 1.53. The molecule has 0 amide bonds. The number of H-pyrrole nitrogens is 1. The summed E-state index contributed by atoms with van der Waals surface area (Å²) in [5, 5.41) is 12.0. The molecule has 3 unspecified atom stereocenters. The van der Waals surface area contributed by atoms with Crippen molar-refractivity contribution in [2.24, 2.45) is 10.9 Å². The normalized spacial score (nSPS) is 20.5. The van der Waals surface area contributed by atoms with Crippen LogP contribution < -0.4 is 11.3 Å². The van der Waals surface area contributed by atoms with E-state index >= 15 is 0 Å². The minimum Gasteiger partial charge on any atom is -0.409 e. The second kappa shape index (κ2) is 10.4. The number of hydrogen-bond acceptors (Lipinski definition) is 5. The first-order valence-electron chi connectivity index (χ1n) is 12.3. The van der Waals surface area contributed by atoms with Gasteiger partial charge in [-0.05, 0) is 70.6 Å². The van der Waals surface area contributed by atoms with Gasteiger partial charge in [-0.3, -0.25) is 9.69 Å². The molecule has 0 bridgehead atoms. The molecule has 3 aromatic rings. The minimum atomic E-state index is -0.249. The molecular weight excluding hydrogens is 426 g/mol. The van der Waals surface area contributed by atoms with Gasteiger partial charge in [0.05, 0.1) is 11.0 Å². The number of aromatic nitrogens is 2. The van der Waals surface area contributed by atoms with E-state index in [0.717, 1.165) is 35.9 Å². The summed E-state index contributed by atoms with van der Waals surface area (Å²) in [4.78, 5) is 23.4. The first-order valence-corrected chi connectivity index (χ1v) is 12.3. The lowest BCUT2D eigenvalue weighted by molar-refractivity contribution is 0.0580. The molecule has 1 aromatic heterocycles. The molecule has 34 heavy (non-hydrogen) atoms. The summed E-state index contributed by atoms with van der Waals surface area (Å²) in [5.41, 5.74) is 9.61. The maximum atomic E-state index is 13.0. The minimum absolute atomic E-state index is 0.0103. The number of likely N-dealkylation sites (tertiary alicyclic amines) is 1. The van der Waals surface area contributed by atoms with Crippen molar-refractivity contribution in [3.05, 3.63) is 63.9 Å². The van der Waals surface area contributed by atoms with E-state index in [0.29, 0.717) is 34.9 Å². The van der Waals surface area contributed by atoms with Crippen LogP contribution >= 0.6 is 0 Å². The monoisotopic (exact) mass is 461 g/mol. The third kappa shape index (κ3) is 4.99. The van der Waals surface area contributed by atoms with Gasteiger partial charge in [0.2, 0.25) is 0 Å². The van der Waals surface area contributed by atoms with Gasteiger partial charge < -0.3 is 15.9 Å². The number of para-hydroxylation sites is 1. The summed E-state index contributed by atoms with van der Waals surface area (Å²) < 4.78 is 0. The first-order chi connectivity index (χ1) is 16.4. The van der Waals surface area contributed by atoms with Gasteiger partial charge in [-0.2, -0.15) is 0 Å². The van der Waals surface area contributed by atoms with Crippen LogP contribution in [-0.4, -0.2) is 44.0 Å². The van der Waals surface area contributed by atoms with E-state index in [9.17, 15) is 4.79 Å². The summed E-state index contributed by atoms with van der Waals surface area (Å²) in [6.45, 7) is 7.05. The van der Waals surface area contributed by atoms with Crippen LogP contribution in [0.25, 0.3) is 22.3 Å². The molecule has 0 aliphatic carbocycles. The van der Waals surface area contributed by atoms with Crippen LogP contribution in [-0.2, 0) is 6.42 Å². The van der Waals surface area contributed by atoms with Gasteiger partial charge in [-0.1, -0.05) is 41.9 Å². The Morgan fingerprint density at radius 3 is 2.71 bits per heavy atom. The molecule has 0 radical (unpaired) electrons. The number of aromatic amines is 1.